The van der Waals surface area contributed by atoms with Crippen LogP contribution in [0.5, 0.6) is 0 Å². The largest absolute Gasteiger partial charge is 0.480 e. The molecule has 0 aromatic carbocycles. The summed E-state index contributed by atoms with van der Waals surface area (Å²) < 4.78 is 0. The van der Waals surface area contributed by atoms with Crippen molar-refractivity contribution in [1.82, 2.24) is 10.6 Å². The van der Waals surface area contributed by atoms with Crippen molar-refractivity contribution in [1.29, 1.82) is 0 Å². The second kappa shape index (κ2) is 40.3. The van der Waals surface area contributed by atoms with Crippen molar-refractivity contribution in [3.8, 4) is 0 Å². The minimum absolute atomic E-state index is 0.0597. The molecule has 0 fully saturated rings. The Kier molecular flexibility index (Phi) is 36.9. The predicted molar refractivity (Wildman–Crippen MR) is 228 cm³/mol. The molecule has 1 atom stereocenters. The van der Waals surface area contributed by atoms with Crippen LogP contribution < -0.4 is 10.6 Å². The number of carbonyl (C=O) groups is 3. The van der Waals surface area contributed by atoms with Crippen LogP contribution in [-0.2, 0) is 14.4 Å². The fraction of sp³-hybridized carbons (Fsp3) is 0.468. The van der Waals surface area contributed by atoms with Gasteiger partial charge in [0.25, 0.3) is 0 Å². The van der Waals surface area contributed by atoms with Crippen molar-refractivity contribution in [2.75, 3.05) is 6.54 Å². The topological polar surface area (TPSA) is 95.5 Å². The van der Waals surface area contributed by atoms with E-state index in [1.807, 2.05) is 6.08 Å². The van der Waals surface area contributed by atoms with Gasteiger partial charge in [-0.1, -0.05) is 148 Å². The SMILES string of the molecule is CC/C=C\C/C=C\C/C=C\C/C=C\C/C=C\C/C=C\CCC(=O)NCCC[C@H](NC(=O)CCC/C=C\C/C=C\C/C=C\C/C=C\C/C=C\CC)C(=O)O. The van der Waals surface area contributed by atoms with Gasteiger partial charge in [0.2, 0.25) is 11.8 Å². The Morgan fingerprint density at radius 1 is 0.453 bits per heavy atom. The Morgan fingerprint density at radius 3 is 1.19 bits per heavy atom. The Labute approximate surface area is 322 Å². The lowest BCUT2D eigenvalue weighted by molar-refractivity contribution is -0.142. The van der Waals surface area contributed by atoms with Crippen LogP contribution in [0, 0.1) is 0 Å². The maximum absolute atomic E-state index is 12.3. The Morgan fingerprint density at radius 2 is 0.811 bits per heavy atom. The van der Waals surface area contributed by atoms with Crippen LogP contribution in [0.4, 0.5) is 0 Å². The number of amides is 2. The summed E-state index contributed by atoms with van der Waals surface area (Å²) in [5, 5.41) is 15.0. The zero-order chi connectivity index (χ0) is 38.7. The van der Waals surface area contributed by atoms with Crippen molar-refractivity contribution < 1.29 is 19.5 Å². The first kappa shape index (κ1) is 48.5. The van der Waals surface area contributed by atoms with Crippen molar-refractivity contribution in [3.05, 3.63) is 134 Å². The van der Waals surface area contributed by atoms with Gasteiger partial charge in [-0.05, 0) is 103 Å². The molecule has 6 heteroatoms. The van der Waals surface area contributed by atoms with E-state index in [1.54, 1.807) is 0 Å². The van der Waals surface area contributed by atoms with Gasteiger partial charge in [-0.3, -0.25) is 9.59 Å². The Balaban J connectivity index is 3.91. The van der Waals surface area contributed by atoms with Gasteiger partial charge in [0.1, 0.15) is 6.04 Å². The third kappa shape index (κ3) is 38.6. The lowest BCUT2D eigenvalue weighted by Gasteiger charge is -2.14. The molecule has 2 amide bonds. The van der Waals surface area contributed by atoms with Gasteiger partial charge in [-0.25, -0.2) is 4.79 Å². The van der Waals surface area contributed by atoms with Crippen LogP contribution in [0.3, 0.4) is 0 Å². The molecule has 0 aliphatic rings. The summed E-state index contributed by atoms with van der Waals surface area (Å²) in [7, 11) is 0. The second-order valence-corrected chi connectivity index (χ2v) is 12.5. The number of rotatable bonds is 33. The fourth-order valence-electron chi connectivity index (χ4n) is 4.75. The first-order chi connectivity index (χ1) is 26.0. The third-order valence-corrected chi connectivity index (χ3v) is 7.69. The van der Waals surface area contributed by atoms with Crippen LogP contribution in [0.2, 0.25) is 0 Å². The number of aliphatic carboxylic acids is 1. The highest BCUT2D eigenvalue weighted by Crippen LogP contribution is 2.04. The number of hydrogen-bond acceptors (Lipinski definition) is 3. The standard InChI is InChI=1S/C47H70N2O4/c1-3-5-7-9-11-13-15-17-19-21-22-24-25-27-29-31-33-35-37-41-45(50)48-43-39-40-44(47(52)53)49-46(51)42-38-36-34-32-30-28-26-23-20-18-16-14-12-10-8-6-4-2/h5-8,11-14,17-20,22,24,26-29,32-35,44H,3-4,9-10,15-16,21,23,25,30-31,36-43H2,1-2H3,(H,48,50)(H,49,51)(H,52,53)/b7-5-,8-6-,13-11-,14-12-,19-17-,20-18-,24-22-,28-26-,29-27-,34-32-,35-33-/t44-/m0/s1. The summed E-state index contributed by atoms with van der Waals surface area (Å²) in [5.74, 6) is -1.37. The summed E-state index contributed by atoms with van der Waals surface area (Å²) in [5.41, 5.74) is 0. The zero-order valence-corrected chi connectivity index (χ0v) is 32.9. The molecule has 0 spiro atoms. The van der Waals surface area contributed by atoms with E-state index >= 15 is 0 Å². The van der Waals surface area contributed by atoms with E-state index in [4.69, 9.17) is 0 Å². The average molecular weight is 727 g/mol. The van der Waals surface area contributed by atoms with Crippen LogP contribution >= 0.6 is 0 Å². The number of carbonyl (C=O) groups excluding carboxylic acids is 2. The third-order valence-electron chi connectivity index (χ3n) is 7.69. The maximum atomic E-state index is 12.3. The molecular weight excluding hydrogens is 657 g/mol. The molecule has 53 heavy (non-hydrogen) atoms. The molecule has 6 nitrogen and oxygen atoms in total. The fourth-order valence-corrected chi connectivity index (χ4v) is 4.75. The van der Waals surface area contributed by atoms with Crippen LogP contribution in [0.15, 0.2) is 134 Å². The second-order valence-electron chi connectivity index (χ2n) is 12.5. The molecule has 0 aliphatic heterocycles. The van der Waals surface area contributed by atoms with E-state index in [2.05, 4.69) is 152 Å². The molecule has 0 radical (unpaired) electrons. The first-order valence-electron chi connectivity index (χ1n) is 19.9. The Hall–Kier alpha value is -4.45. The summed E-state index contributed by atoms with van der Waals surface area (Å²) in [4.78, 5) is 36.1. The zero-order valence-electron chi connectivity index (χ0n) is 32.9. The van der Waals surface area contributed by atoms with E-state index < -0.39 is 12.0 Å². The monoisotopic (exact) mass is 727 g/mol. The van der Waals surface area contributed by atoms with Gasteiger partial charge in [-0.2, -0.15) is 0 Å². The molecule has 0 unspecified atom stereocenters. The van der Waals surface area contributed by atoms with Gasteiger partial charge in [-0.15, -0.1) is 0 Å². The van der Waals surface area contributed by atoms with E-state index in [0.29, 0.717) is 32.2 Å². The highest BCUT2D eigenvalue weighted by atomic mass is 16.4. The summed E-state index contributed by atoms with van der Waals surface area (Å²) >= 11 is 0. The van der Waals surface area contributed by atoms with Crippen molar-refractivity contribution in [3.63, 3.8) is 0 Å². The van der Waals surface area contributed by atoms with Gasteiger partial charge in [0, 0.05) is 19.4 Å². The number of carboxylic acids is 1. The summed E-state index contributed by atoms with van der Waals surface area (Å²) in [6.07, 6.45) is 61.4. The van der Waals surface area contributed by atoms with Crippen LogP contribution in [0.25, 0.3) is 0 Å². The molecule has 3 N–H and O–H groups in total. The number of hydrogen-bond donors (Lipinski definition) is 3. The highest BCUT2D eigenvalue weighted by Gasteiger charge is 2.19. The van der Waals surface area contributed by atoms with E-state index in [1.165, 1.54) is 0 Å². The molecule has 0 rings (SSSR count). The molecule has 0 aliphatic carbocycles. The van der Waals surface area contributed by atoms with Gasteiger partial charge in [0.15, 0.2) is 0 Å². The van der Waals surface area contributed by atoms with E-state index in [-0.39, 0.29) is 24.7 Å². The molecule has 0 bridgehead atoms. The maximum Gasteiger partial charge on any atom is 0.326 e. The number of nitrogens with one attached hydrogen (secondary N) is 2. The lowest BCUT2D eigenvalue weighted by Crippen LogP contribution is -2.41. The lowest BCUT2D eigenvalue weighted by atomic mass is 10.1. The van der Waals surface area contributed by atoms with Crippen LogP contribution in [0.1, 0.15) is 129 Å². The minimum Gasteiger partial charge on any atom is -0.480 e. The summed E-state index contributed by atoms with van der Waals surface area (Å²) in [6, 6.07) is -0.952. The molecule has 0 aromatic rings. The van der Waals surface area contributed by atoms with E-state index in [0.717, 1.165) is 77.0 Å². The number of unbranched alkanes of at least 4 members (excludes halogenated alkanes) is 1. The quantitative estimate of drug-likeness (QED) is 0.0463. The van der Waals surface area contributed by atoms with Gasteiger partial charge >= 0.3 is 5.97 Å². The molecule has 292 valence electrons. The van der Waals surface area contributed by atoms with E-state index in [9.17, 15) is 19.5 Å². The smallest absolute Gasteiger partial charge is 0.326 e. The van der Waals surface area contributed by atoms with Gasteiger partial charge in [0.05, 0.1) is 0 Å². The molecule has 0 saturated carbocycles. The molecule has 0 aromatic heterocycles. The molecule has 0 heterocycles. The molecular formula is C47H70N2O4. The number of carboxylic acid groups (broad SMARTS) is 1. The van der Waals surface area contributed by atoms with Gasteiger partial charge < -0.3 is 15.7 Å². The molecule has 0 saturated heterocycles. The normalized spacial score (nSPS) is 13.5. The van der Waals surface area contributed by atoms with Crippen LogP contribution in [-0.4, -0.2) is 35.5 Å². The number of allylic oxidation sites excluding steroid dienone is 22. The van der Waals surface area contributed by atoms with Crippen molar-refractivity contribution >= 4 is 17.8 Å². The van der Waals surface area contributed by atoms with Crippen molar-refractivity contribution in [2.45, 2.75) is 135 Å². The Bertz CT molecular complexity index is 1260. The minimum atomic E-state index is -1.06. The predicted octanol–water partition coefficient (Wildman–Crippen LogP) is 11.9. The average Bonchev–Trinajstić information content (AvgIpc) is 3.15. The highest BCUT2D eigenvalue weighted by molar-refractivity contribution is 5.83. The first-order valence-corrected chi connectivity index (χ1v) is 19.9. The van der Waals surface area contributed by atoms with Crippen molar-refractivity contribution in [2.24, 2.45) is 0 Å². The summed E-state index contributed by atoms with van der Waals surface area (Å²) in [6.45, 7) is 4.66.